The molecule has 0 amide bonds. The highest BCUT2D eigenvalue weighted by Gasteiger charge is 2.33. The van der Waals surface area contributed by atoms with Crippen LogP contribution in [0.25, 0.3) is 0 Å². The highest BCUT2D eigenvalue weighted by atomic mass is 16.5. The Labute approximate surface area is 145 Å². The minimum atomic E-state index is -0.710. The van der Waals surface area contributed by atoms with E-state index in [4.69, 9.17) is 16.2 Å². The van der Waals surface area contributed by atoms with Gasteiger partial charge in [-0.3, -0.25) is 4.90 Å². The highest BCUT2D eigenvalue weighted by Crippen LogP contribution is 2.30. The van der Waals surface area contributed by atoms with Gasteiger partial charge >= 0.3 is 5.97 Å². The van der Waals surface area contributed by atoms with Gasteiger partial charge in [0, 0.05) is 11.8 Å². The Bertz CT molecular complexity index is 859. The molecule has 7 nitrogen and oxygen atoms in total. The molecule has 1 aliphatic heterocycles. The first-order valence-electron chi connectivity index (χ1n) is 7.74. The summed E-state index contributed by atoms with van der Waals surface area (Å²) in [6, 6.07) is 15.8. The second-order valence-corrected chi connectivity index (χ2v) is 6.02. The van der Waals surface area contributed by atoms with E-state index in [0.29, 0.717) is 17.0 Å². The summed E-state index contributed by atoms with van der Waals surface area (Å²) in [6.07, 6.45) is 0. The molecule has 0 unspecified atom stereocenters. The van der Waals surface area contributed by atoms with Crippen LogP contribution in [0.2, 0.25) is 0 Å². The summed E-state index contributed by atoms with van der Waals surface area (Å²) >= 11 is 0. The Morgan fingerprint density at radius 2 is 1.80 bits per heavy atom. The fourth-order valence-corrected chi connectivity index (χ4v) is 2.68. The number of nitrogens with two attached hydrogens (primary N) is 2. The van der Waals surface area contributed by atoms with E-state index in [1.54, 1.807) is 47.4 Å². The lowest BCUT2D eigenvalue weighted by molar-refractivity contribution is 0.0735. The van der Waals surface area contributed by atoms with Gasteiger partial charge in [-0.05, 0) is 38.1 Å². The van der Waals surface area contributed by atoms with Crippen molar-refractivity contribution in [2.24, 2.45) is 21.5 Å². The number of carbonyl (C=O) groups excluding carboxylic acids is 1. The van der Waals surface area contributed by atoms with Gasteiger partial charge < -0.3 is 16.2 Å². The highest BCUT2D eigenvalue weighted by molar-refractivity contribution is 6.05. The topological polar surface area (TPSA) is 106 Å². The Balaban J connectivity index is 1.87. The molecule has 0 bridgehead atoms. The second kappa shape index (κ2) is 6.27. The van der Waals surface area contributed by atoms with Crippen LogP contribution in [-0.2, 0) is 0 Å². The molecule has 4 N–H and O–H groups in total. The van der Waals surface area contributed by atoms with Crippen molar-refractivity contribution < 1.29 is 9.53 Å². The van der Waals surface area contributed by atoms with Gasteiger partial charge in [0.15, 0.2) is 0 Å². The van der Waals surface area contributed by atoms with Crippen molar-refractivity contribution in [2.75, 3.05) is 4.90 Å². The standard InChI is InChI=1S/C18H19N5O2/c1-18(2)22-16(19)21-17(20)23(18)13-9-6-10-14(11-13)25-15(24)12-7-4-3-5-8-12/h3-11H,1-2H3,(H4,19,20,21,22). The van der Waals surface area contributed by atoms with Crippen LogP contribution in [0.15, 0.2) is 64.6 Å². The first-order chi connectivity index (χ1) is 11.9. The predicted molar refractivity (Wildman–Crippen MR) is 97.6 cm³/mol. The number of carbonyl (C=O) groups is 1. The summed E-state index contributed by atoms with van der Waals surface area (Å²) in [5.41, 5.74) is 12.2. The smallest absolute Gasteiger partial charge is 0.343 e. The van der Waals surface area contributed by atoms with E-state index in [1.165, 1.54) is 0 Å². The van der Waals surface area contributed by atoms with E-state index in [2.05, 4.69) is 9.98 Å². The van der Waals surface area contributed by atoms with E-state index in [9.17, 15) is 4.79 Å². The number of ether oxygens (including phenoxy) is 1. The third kappa shape index (κ3) is 3.45. The van der Waals surface area contributed by atoms with Gasteiger partial charge in [-0.2, -0.15) is 4.99 Å². The van der Waals surface area contributed by atoms with Gasteiger partial charge in [0.25, 0.3) is 0 Å². The van der Waals surface area contributed by atoms with Crippen molar-refractivity contribution in [3.8, 4) is 5.75 Å². The second-order valence-electron chi connectivity index (χ2n) is 6.02. The summed E-state index contributed by atoms with van der Waals surface area (Å²) in [4.78, 5) is 22.3. The third-order valence-corrected chi connectivity index (χ3v) is 3.69. The Kier molecular flexibility index (Phi) is 4.14. The Hall–Kier alpha value is -3.35. The molecule has 25 heavy (non-hydrogen) atoms. The molecule has 1 heterocycles. The first-order valence-corrected chi connectivity index (χ1v) is 7.74. The summed E-state index contributed by atoms with van der Waals surface area (Å²) in [5.74, 6) is 0.325. The van der Waals surface area contributed by atoms with Gasteiger partial charge in [-0.15, -0.1) is 0 Å². The average molecular weight is 337 g/mol. The van der Waals surface area contributed by atoms with Crippen LogP contribution < -0.4 is 21.1 Å². The summed E-state index contributed by atoms with van der Waals surface area (Å²) in [6.45, 7) is 3.73. The van der Waals surface area contributed by atoms with E-state index in [1.807, 2.05) is 26.0 Å². The van der Waals surface area contributed by atoms with E-state index < -0.39 is 11.6 Å². The number of hydrogen-bond acceptors (Lipinski definition) is 7. The number of nitrogens with zero attached hydrogens (tertiary/aromatic N) is 3. The van der Waals surface area contributed by atoms with E-state index >= 15 is 0 Å². The lowest BCUT2D eigenvalue weighted by Crippen LogP contribution is -2.54. The minimum absolute atomic E-state index is 0.130. The molecule has 0 aromatic heterocycles. The van der Waals surface area contributed by atoms with Crippen molar-refractivity contribution >= 4 is 23.6 Å². The zero-order valence-electron chi connectivity index (χ0n) is 14.0. The molecular formula is C18H19N5O2. The normalized spacial score (nSPS) is 16.0. The predicted octanol–water partition coefficient (Wildman–Crippen LogP) is 2.09. The van der Waals surface area contributed by atoms with E-state index in [0.717, 1.165) is 0 Å². The first kappa shape index (κ1) is 16.5. The van der Waals surface area contributed by atoms with Crippen molar-refractivity contribution in [1.29, 1.82) is 0 Å². The largest absolute Gasteiger partial charge is 0.423 e. The maximum Gasteiger partial charge on any atom is 0.343 e. The lowest BCUT2D eigenvalue weighted by Gasteiger charge is -2.38. The zero-order chi connectivity index (χ0) is 18.0. The molecule has 0 fully saturated rings. The van der Waals surface area contributed by atoms with Crippen molar-refractivity contribution in [2.45, 2.75) is 19.5 Å². The Morgan fingerprint density at radius 1 is 1.08 bits per heavy atom. The van der Waals surface area contributed by atoms with Crippen LogP contribution in [0.3, 0.4) is 0 Å². The molecular weight excluding hydrogens is 318 g/mol. The molecule has 0 spiro atoms. The molecule has 0 atom stereocenters. The monoisotopic (exact) mass is 337 g/mol. The molecule has 1 aliphatic rings. The third-order valence-electron chi connectivity index (χ3n) is 3.69. The molecule has 128 valence electrons. The van der Waals surface area contributed by atoms with Crippen LogP contribution in [0.5, 0.6) is 5.75 Å². The van der Waals surface area contributed by atoms with Crippen molar-refractivity contribution in [3.63, 3.8) is 0 Å². The summed E-state index contributed by atoms with van der Waals surface area (Å²) < 4.78 is 5.45. The molecule has 2 aromatic rings. The molecule has 0 saturated carbocycles. The van der Waals surface area contributed by atoms with Crippen LogP contribution >= 0.6 is 0 Å². The molecule has 2 aromatic carbocycles. The fraction of sp³-hybridized carbons (Fsp3) is 0.167. The molecule has 0 aliphatic carbocycles. The van der Waals surface area contributed by atoms with E-state index in [-0.39, 0.29) is 11.9 Å². The number of rotatable bonds is 3. The Morgan fingerprint density at radius 3 is 2.48 bits per heavy atom. The number of anilines is 1. The fourth-order valence-electron chi connectivity index (χ4n) is 2.68. The number of guanidine groups is 2. The molecule has 7 heteroatoms. The number of esters is 1. The number of benzene rings is 2. The number of hydrogen-bond donors (Lipinski definition) is 2. The van der Waals surface area contributed by atoms with Gasteiger partial charge in [-0.1, -0.05) is 24.3 Å². The van der Waals surface area contributed by atoms with Gasteiger partial charge in [-0.25, -0.2) is 9.79 Å². The summed E-state index contributed by atoms with van der Waals surface area (Å²) in [7, 11) is 0. The maximum absolute atomic E-state index is 12.2. The zero-order valence-corrected chi connectivity index (χ0v) is 14.0. The lowest BCUT2D eigenvalue weighted by atomic mass is 10.1. The average Bonchev–Trinajstić information content (AvgIpc) is 2.54. The van der Waals surface area contributed by atoms with Crippen LogP contribution in [0.1, 0.15) is 24.2 Å². The van der Waals surface area contributed by atoms with Gasteiger partial charge in [0.2, 0.25) is 11.9 Å². The molecule has 0 saturated heterocycles. The van der Waals surface area contributed by atoms with Crippen LogP contribution in [0.4, 0.5) is 5.69 Å². The summed E-state index contributed by atoms with van der Waals surface area (Å²) in [5, 5.41) is 0. The quantitative estimate of drug-likeness (QED) is 0.659. The van der Waals surface area contributed by atoms with Gasteiger partial charge in [0.1, 0.15) is 11.4 Å². The molecule has 3 rings (SSSR count). The molecule has 0 radical (unpaired) electrons. The van der Waals surface area contributed by atoms with Gasteiger partial charge in [0.05, 0.1) is 5.56 Å². The number of aliphatic imine (C=N–C) groups is 2. The SMILES string of the molecule is CC1(C)N=C(N)N=C(N)N1c1cccc(OC(=O)c2ccccc2)c1. The maximum atomic E-state index is 12.2. The van der Waals surface area contributed by atoms with Crippen LogP contribution in [0, 0.1) is 0 Å². The van der Waals surface area contributed by atoms with Crippen molar-refractivity contribution in [3.05, 3.63) is 60.2 Å². The minimum Gasteiger partial charge on any atom is -0.423 e. The van der Waals surface area contributed by atoms with Crippen LogP contribution in [-0.4, -0.2) is 23.6 Å². The van der Waals surface area contributed by atoms with Crippen molar-refractivity contribution in [1.82, 2.24) is 0 Å².